The highest BCUT2D eigenvalue weighted by atomic mass is 16.3. The van der Waals surface area contributed by atoms with Crippen LogP contribution in [0.5, 0.6) is 5.75 Å². The number of hydrogen-bond acceptors (Lipinski definition) is 3. The molecule has 0 unspecified atom stereocenters. The normalized spacial score (nSPS) is 10.5. The van der Waals surface area contributed by atoms with Gasteiger partial charge in [-0.25, -0.2) is 0 Å². The van der Waals surface area contributed by atoms with Crippen molar-refractivity contribution in [2.24, 2.45) is 0 Å². The van der Waals surface area contributed by atoms with Crippen molar-refractivity contribution < 1.29 is 9.90 Å². The number of para-hydroxylation sites is 1. The van der Waals surface area contributed by atoms with Gasteiger partial charge in [0.15, 0.2) is 5.78 Å². The highest BCUT2D eigenvalue weighted by Crippen LogP contribution is 2.19. The Morgan fingerprint density at radius 2 is 1.76 bits per heavy atom. The Balaban J connectivity index is 1.82. The highest BCUT2D eigenvalue weighted by molar-refractivity contribution is 6.10. The van der Waals surface area contributed by atoms with E-state index in [9.17, 15) is 9.90 Å². The van der Waals surface area contributed by atoms with Gasteiger partial charge in [0.1, 0.15) is 5.75 Å². The number of benzene rings is 2. The summed E-state index contributed by atoms with van der Waals surface area (Å²) in [5.74, 6) is -0.245. The number of hydrogen-bond donors (Lipinski definition) is 1. The minimum Gasteiger partial charge on any atom is -0.507 e. The molecule has 0 fully saturated rings. The molecule has 0 atom stereocenters. The summed E-state index contributed by atoms with van der Waals surface area (Å²) in [6, 6.07) is 16.4. The number of rotatable bonds is 4. The predicted molar refractivity (Wildman–Crippen MR) is 79.3 cm³/mol. The van der Waals surface area contributed by atoms with Crippen molar-refractivity contribution in [1.29, 1.82) is 0 Å². The van der Waals surface area contributed by atoms with Crippen LogP contribution in [0.4, 0.5) is 0 Å². The first-order valence-corrected chi connectivity index (χ1v) is 6.63. The van der Waals surface area contributed by atoms with E-state index in [4.69, 9.17) is 0 Å². The summed E-state index contributed by atoms with van der Waals surface area (Å²) in [5.41, 5.74) is 1.87. The minimum absolute atomic E-state index is 0.0155. The van der Waals surface area contributed by atoms with E-state index in [1.807, 2.05) is 30.3 Å². The van der Waals surface area contributed by atoms with Crippen molar-refractivity contribution in [3.05, 3.63) is 83.7 Å². The molecule has 3 rings (SSSR count). The van der Waals surface area contributed by atoms with E-state index in [1.165, 1.54) is 12.3 Å². The maximum absolute atomic E-state index is 12.3. The van der Waals surface area contributed by atoms with Gasteiger partial charge in [0, 0.05) is 6.20 Å². The molecule has 0 amide bonds. The number of aromatic hydroxyl groups is 1. The number of carbonyl (C=O) groups is 1. The molecular formula is C17H14N2O2. The summed E-state index contributed by atoms with van der Waals surface area (Å²) >= 11 is 0. The lowest BCUT2D eigenvalue weighted by Gasteiger charge is -2.02. The van der Waals surface area contributed by atoms with Gasteiger partial charge in [-0.1, -0.05) is 42.5 Å². The number of carbonyl (C=O) groups excluding carboxylic acids is 1. The van der Waals surface area contributed by atoms with Gasteiger partial charge in [0.05, 0.1) is 23.9 Å². The van der Waals surface area contributed by atoms with Crippen molar-refractivity contribution >= 4 is 5.78 Å². The minimum atomic E-state index is -0.229. The highest BCUT2D eigenvalue weighted by Gasteiger charge is 2.14. The lowest BCUT2D eigenvalue weighted by atomic mass is 10.1. The summed E-state index contributed by atoms with van der Waals surface area (Å²) in [6.07, 6.45) is 3.22. The molecule has 4 nitrogen and oxygen atoms in total. The summed E-state index contributed by atoms with van der Waals surface area (Å²) < 4.78 is 1.71. The molecule has 0 bridgehead atoms. The summed E-state index contributed by atoms with van der Waals surface area (Å²) in [6.45, 7) is 0.606. The topological polar surface area (TPSA) is 55.1 Å². The molecule has 0 saturated carbocycles. The molecular weight excluding hydrogens is 264 g/mol. The first kappa shape index (κ1) is 13.1. The van der Waals surface area contributed by atoms with Gasteiger partial charge in [-0.2, -0.15) is 5.10 Å². The van der Waals surface area contributed by atoms with Crippen LogP contribution in [0.2, 0.25) is 0 Å². The Kier molecular flexibility index (Phi) is 3.51. The Morgan fingerprint density at radius 3 is 2.52 bits per heavy atom. The smallest absolute Gasteiger partial charge is 0.199 e. The van der Waals surface area contributed by atoms with E-state index in [0.29, 0.717) is 12.1 Å². The molecule has 1 aromatic heterocycles. The van der Waals surface area contributed by atoms with Crippen LogP contribution in [0.3, 0.4) is 0 Å². The molecule has 0 saturated heterocycles. The largest absolute Gasteiger partial charge is 0.507 e. The molecule has 0 aliphatic carbocycles. The van der Waals surface area contributed by atoms with Gasteiger partial charge in [-0.15, -0.1) is 0 Å². The zero-order chi connectivity index (χ0) is 14.7. The maximum Gasteiger partial charge on any atom is 0.199 e. The third-order valence-electron chi connectivity index (χ3n) is 3.23. The van der Waals surface area contributed by atoms with E-state index < -0.39 is 0 Å². The van der Waals surface area contributed by atoms with Crippen molar-refractivity contribution in [3.63, 3.8) is 0 Å². The van der Waals surface area contributed by atoms with Crippen LogP contribution in [0.1, 0.15) is 21.5 Å². The van der Waals surface area contributed by atoms with Gasteiger partial charge < -0.3 is 5.11 Å². The molecule has 2 aromatic carbocycles. The average Bonchev–Trinajstić information content (AvgIpc) is 2.97. The maximum atomic E-state index is 12.3. The van der Waals surface area contributed by atoms with Crippen molar-refractivity contribution in [2.45, 2.75) is 6.54 Å². The molecule has 0 radical (unpaired) electrons. The zero-order valence-corrected chi connectivity index (χ0v) is 11.3. The molecule has 104 valence electrons. The predicted octanol–water partition coefficient (Wildman–Crippen LogP) is 2.87. The van der Waals surface area contributed by atoms with Crippen LogP contribution in [0.15, 0.2) is 67.0 Å². The molecule has 3 aromatic rings. The first-order valence-electron chi connectivity index (χ1n) is 6.63. The molecule has 4 heteroatoms. The van der Waals surface area contributed by atoms with Gasteiger partial charge in [-0.05, 0) is 17.7 Å². The van der Waals surface area contributed by atoms with Gasteiger partial charge >= 0.3 is 0 Å². The first-order chi connectivity index (χ1) is 10.2. The lowest BCUT2D eigenvalue weighted by molar-refractivity contribution is 0.103. The number of aromatic nitrogens is 2. The standard InChI is InChI=1S/C17H14N2O2/c20-16-9-5-4-8-15(16)17(21)14-10-18-19(12-14)11-13-6-2-1-3-7-13/h1-10,12,20H,11H2. The van der Waals surface area contributed by atoms with E-state index in [-0.39, 0.29) is 17.1 Å². The monoisotopic (exact) mass is 278 g/mol. The quantitative estimate of drug-likeness (QED) is 0.747. The SMILES string of the molecule is O=C(c1cnn(Cc2ccccc2)c1)c1ccccc1O. The Labute approximate surface area is 122 Å². The number of phenolic OH excluding ortho intramolecular Hbond substituents is 1. The molecule has 21 heavy (non-hydrogen) atoms. The van der Waals surface area contributed by atoms with Crippen LogP contribution in [0.25, 0.3) is 0 Å². The van der Waals surface area contributed by atoms with Crippen molar-refractivity contribution in [2.75, 3.05) is 0 Å². The van der Waals surface area contributed by atoms with Gasteiger partial charge in [0.25, 0.3) is 0 Å². The molecule has 0 aliphatic heterocycles. The Bertz CT molecular complexity index is 763. The van der Waals surface area contributed by atoms with Crippen LogP contribution >= 0.6 is 0 Å². The van der Waals surface area contributed by atoms with Crippen LogP contribution in [0, 0.1) is 0 Å². The fourth-order valence-electron chi connectivity index (χ4n) is 2.16. The second-order valence-corrected chi connectivity index (χ2v) is 4.76. The second-order valence-electron chi connectivity index (χ2n) is 4.76. The van der Waals surface area contributed by atoms with E-state index >= 15 is 0 Å². The fourth-order valence-corrected chi connectivity index (χ4v) is 2.16. The summed E-state index contributed by atoms with van der Waals surface area (Å²) in [5, 5.41) is 13.9. The number of ketones is 1. The number of phenols is 1. The third kappa shape index (κ3) is 2.84. The second kappa shape index (κ2) is 5.63. The number of nitrogens with zero attached hydrogens (tertiary/aromatic N) is 2. The van der Waals surface area contributed by atoms with E-state index in [0.717, 1.165) is 5.56 Å². The van der Waals surface area contributed by atoms with Gasteiger partial charge in [-0.3, -0.25) is 9.48 Å². The Hall–Kier alpha value is -2.88. The van der Waals surface area contributed by atoms with Gasteiger partial charge in [0.2, 0.25) is 0 Å². The lowest BCUT2D eigenvalue weighted by Crippen LogP contribution is -2.02. The summed E-state index contributed by atoms with van der Waals surface area (Å²) in [7, 11) is 0. The summed E-state index contributed by atoms with van der Waals surface area (Å²) in [4.78, 5) is 12.3. The van der Waals surface area contributed by atoms with E-state index in [1.54, 1.807) is 29.1 Å². The average molecular weight is 278 g/mol. The van der Waals surface area contributed by atoms with Crippen molar-refractivity contribution in [1.82, 2.24) is 9.78 Å². The zero-order valence-electron chi connectivity index (χ0n) is 11.3. The molecule has 0 spiro atoms. The Morgan fingerprint density at radius 1 is 1.05 bits per heavy atom. The van der Waals surface area contributed by atoms with Crippen LogP contribution in [-0.2, 0) is 6.54 Å². The molecule has 1 N–H and O–H groups in total. The van der Waals surface area contributed by atoms with Crippen LogP contribution in [-0.4, -0.2) is 20.7 Å². The third-order valence-corrected chi connectivity index (χ3v) is 3.23. The van der Waals surface area contributed by atoms with Crippen molar-refractivity contribution in [3.8, 4) is 5.75 Å². The van der Waals surface area contributed by atoms with Crippen LogP contribution < -0.4 is 0 Å². The van der Waals surface area contributed by atoms with E-state index in [2.05, 4.69) is 5.10 Å². The molecule has 1 heterocycles. The molecule has 0 aliphatic rings. The fraction of sp³-hybridized carbons (Fsp3) is 0.0588.